The van der Waals surface area contributed by atoms with Crippen molar-refractivity contribution in [2.75, 3.05) is 6.61 Å². The SMILES string of the molecule is CCCCCCCCCCCCCCCC(=O)OCC1OC(OC2CCC3(C)C(=CCC4C3CCC3(C)C(C(C)/C=C/C(CC)C(C)C)CCC43)C2)C(O)C(O)C1O. The van der Waals surface area contributed by atoms with Crippen LogP contribution in [0.3, 0.4) is 0 Å². The van der Waals surface area contributed by atoms with E-state index in [-0.39, 0.29) is 24.1 Å². The standard InChI is InChI=1S/C51H88O7/c1-8-10-11-12-13-14-15-16-17-18-19-20-21-22-45(52)56-34-44-46(53)47(54)48(55)49(58-44)57-39-29-31-50(6)38(33-39)25-26-40-42-28-27-41(51(42,7)32-30-43(40)50)36(5)23-24-37(9-2)35(3)4/h23-25,35-37,39-44,46-49,53-55H,8-22,26-34H2,1-7H3/b24-23+. The average molecular weight is 813 g/mol. The van der Waals surface area contributed by atoms with Crippen molar-refractivity contribution >= 4 is 5.97 Å². The second-order valence-corrected chi connectivity index (χ2v) is 20.7. The topological polar surface area (TPSA) is 105 Å². The number of hydrogen-bond acceptors (Lipinski definition) is 7. The third kappa shape index (κ3) is 11.8. The summed E-state index contributed by atoms with van der Waals surface area (Å²) in [6.07, 6.45) is 28.1. The van der Waals surface area contributed by atoms with Crippen molar-refractivity contribution in [1.82, 2.24) is 0 Å². The van der Waals surface area contributed by atoms with Crippen molar-refractivity contribution < 1.29 is 34.3 Å². The van der Waals surface area contributed by atoms with Crippen molar-refractivity contribution in [3.63, 3.8) is 0 Å². The van der Waals surface area contributed by atoms with Gasteiger partial charge in [-0.05, 0) is 116 Å². The predicted octanol–water partition coefficient (Wildman–Crippen LogP) is 11.7. The van der Waals surface area contributed by atoms with Gasteiger partial charge in [0.05, 0.1) is 6.10 Å². The summed E-state index contributed by atoms with van der Waals surface area (Å²) in [4.78, 5) is 12.6. The first-order chi connectivity index (χ1) is 27.8. The van der Waals surface area contributed by atoms with E-state index in [0.717, 1.165) is 62.7 Å². The second-order valence-electron chi connectivity index (χ2n) is 20.7. The molecule has 1 heterocycles. The van der Waals surface area contributed by atoms with Crippen LogP contribution < -0.4 is 0 Å². The zero-order valence-corrected chi connectivity index (χ0v) is 38.2. The van der Waals surface area contributed by atoms with Crippen LogP contribution in [0, 0.1) is 52.3 Å². The Morgan fingerprint density at radius 3 is 2.10 bits per heavy atom. The molecule has 4 fully saturated rings. The molecule has 334 valence electrons. The van der Waals surface area contributed by atoms with E-state index in [2.05, 4.69) is 66.7 Å². The second kappa shape index (κ2) is 22.7. The monoisotopic (exact) mass is 813 g/mol. The van der Waals surface area contributed by atoms with Gasteiger partial charge >= 0.3 is 5.97 Å². The molecule has 3 saturated carbocycles. The van der Waals surface area contributed by atoms with Gasteiger partial charge in [0.25, 0.3) is 0 Å². The highest BCUT2D eigenvalue weighted by Crippen LogP contribution is 2.67. The molecule has 0 amide bonds. The fraction of sp³-hybridized carbons (Fsp3) is 0.902. The van der Waals surface area contributed by atoms with E-state index in [0.29, 0.717) is 35.5 Å². The molecule has 0 radical (unpaired) electrons. The highest BCUT2D eigenvalue weighted by atomic mass is 16.7. The van der Waals surface area contributed by atoms with E-state index in [4.69, 9.17) is 14.2 Å². The maximum Gasteiger partial charge on any atom is 0.305 e. The highest BCUT2D eigenvalue weighted by Gasteiger charge is 2.59. The number of aliphatic hydroxyl groups is 3. The maximum atomic E-state index is 12.6. The Labute approximate surface area is 354 Å². The molecule has 0 spiro atoms. The number of rotatable bonds is 23. The molecule has 1 saturated heterocycles. The lowest BCUT2D eigenvalue weighted by Crippen LogP contribution is -2.60. The molecule has 14 atom stereocenters. The summed E-state index contributed by atoms with van der Waals surface area (Å²) in [6.45, 7) is 16.7. The third-order valence-corrected chi connectivity index (χ3v) is 16.6. The van der Waals surface area contributed by atoms with Gasteiger partial charge in [0.15, 0.2) is 6.29 Å². The molecule has 0 aromatic heterocycles. The van der Waals surface area contributed by atoms with Gasteiger partial charge in [-0.15, -0.1) is 0 Å². The summed E-state index contributed by atoms with van der Waals surface area (Å²) in [5.74, 6) is 4.62. The molecule has 7 nitrogen and oxygen atoms in total. The Morgan fingerprint density at radius 1 is 0.810 bits per heavy atom. The van der Waals surface area contributed by atoms with Crippen molar-refractivity contribution in [2.45, 2.75) is 233 Å². The number of fused-ring (bicyclic) bond motifs is 5. The van der Waals surface area contributed by atoms with Gasteiger partial charge in [0.1, 0.15) is 31.0 Å². The highest BCUT2D eigenvalue weighted by molar-refractivity contribution is 5.69. The van der Waals surface area contributed by atoms with Crippen LogP contribution in [-0.4, -0.2) is 64.7 Å². The fourth-order valence-corrected chi connectivity index (χ4v) is 12.8. The summed E-state index contributed by atoms with van der Waals surface area (Å²) < 4.78 is 18.0. The summed E-state index contributed by atoms with van der Waals surface area (Å²) in [7, 11) is 0. The average Bonchev–Trinajstić information content (AvgIpc) is 3.56. The Hall–Kier alpha value is -1.25. The lowest BCUT2D eigenvalue weighted by atomic mass is 9.47. The van der Waals surface area contributed by atoms with Gasteiger partial charge in [0, 0.05) is 6.42 Å². The molecular weight excluding hydrogens is 725 g/mol. The number of allylic oxidation sites excluding steroid dienone is 3. The van der Waals surface area contributed by atoms with Crippen LogP contribution in [0.15, 0.2) is 23.8 Å². The number of unbranched alkanes of at least 4 members (excludes halogenated alkanes) is 12. The van der Waals surface area contributed by atoms with Crippen LogP contribution in [0.1, 0.15) is 196 Å². The minimum absolute atomic E-state index is 0.146. The lowest BCUT2D eigenvalue weighted by molar-refractivity contribution is -0.313. The molecule has 0 bridgehead atoms. The first kappa shape index (κ1) is 47.8. The smallest absolute Gasteiger partial charge is 0.305 e. The molecule has 4 aliphatic carbocycles. The first-order valence-corrected chi connectivity index (χ1v) is 24.7. The molecular formula is C51H88O7. The van der Waals surface area contributed by atoms with E-state index in [1.807, 2.05) is 0 Å². The molecule has 3 N–H and O–H groups in total. The van der Waals surface area contributed by atoms with Crippen molar-refractivity contribution in [2.24, 2.45) is 52.3 Å². The zero-order chi connectivity index (χ0) is 41.9. The summed E-state index contributed by atoms with van der Waals surface area (Å²) in [5, 5.41) is 32.5. The van der Waals surface area contributed by atoms with E-state index < -0.39 is 30.7 Å². The molecule has 58 heavy (non-hydrogen) atoms. The van der Waals surface area contributed by atoms with Crippen LogP contribution in [-0.2, 0) is 19.0 Å². The van der Waals surface area contributed by atoms with Crippen molar-refractivity contribution in [3.05, 3.63) is 23.8 Å². The summed E-state index contributed by atoms with van der Waals surface area (Å²) in [5.41, 5.74) is 2.05. The van der Waals surface area contributed by atoms with Crippen LogP contribution in [0.5, 0.6) is 0 Å². The quantitative estimate of drug-likeness (QED) is 0.0536. The number of carbonyl (C=O) groups is 1. The summed E-state index contributed by atoms with van der Waals surface area (Å²) >= 11 is 0. The lowest BCUT2D eigenvalue weighted by Gasteiger charge is -2.58. The molecule has 1 aliphatic heterocycles. The van der Waals surface area contributed by atoms with Crippen LogP contribution >= 0.6 is 0 Å². The molecule has 7 heteroatoms. The van der Waals surface area contributed by atoms with Gasteiger partial charge in [-0.2, -0.15) is 0 Å². The van der Waals surface area contributed by atoms with E-state index in [9.17, 15) is 20.1 Å². The van der Waals surface area contributed by atoms with E-state index in [1.54, 1.807) is 0 Å². The van der Waals surface area contributed by atoms with Crippen molar-refractivity contribution in [3.8, 4) is 0 Å². The fourth-order valence-electron chi connectivity index (χ4n) is 12.8. The summed E-state index contributed by atoms with van der Waals surface area (Å²) in [6, 6.07) is 0. The molecule has 0 aromatic carbocycles. The minimum Gasteiger partial charge on any atom is -0.463 e. The van der Waals surface area contributed by atoms with Gasteiger partial charge in [-0.3, -0.25) is 4.79 Å². The number of ether oxygens (including phenoxy) is 3. The van der Waals surface area contributed by atoms with Crippen LogP contribution in [0.4, 0.5) is 0 Å². The Kier molecular flexibility index (Phi) is 18.7. The zero-order valence-electron chi connectivity index (χ0n) is 38.2. The Morgan fingerprint density at radius 2 is 1.47 bits per heavy atom. The van der Waals surface area contributed by atoms with Gasteiger partial charge < -0.3 is 29.5 Å². The minimum atomic E-state index is -1.44. The van der Waals surface area contributed by atoms with Crippen molar-refractivity contribution in [1.29, 1.82) is 0 Å². The molecule has 5 rings (SSSR count). The number of aliphatic hydroxyl groups excluding tert-OH is 3. The molecule has 14 unspecified atom stereocenters. The van der Waals surface area contributed by atoms with Gasteiger partial charge in [0.2, 0.25) is 0 Å². The Bertz CT molecular complexity index is 1300. The Balaban J connectivity index is 1.05. The number of esters is 1. The number of hydrogen-bond donors (Lipinski definition) is 3. The molecule has 0 aromatic rings. The van der Waals surface area contributed by atoms with Crippen LogP contribution in [0.25, 0.3) is 0 Å². The largest absolute Gasteiger partial charge is 0.463 e. The first-order valence-electron chi connectivity index (χ1n) is 24.7. The number of carbonyl (C=O) groups excluding carboxylic acids is 1. The van der Waals surface area contributed by atoms with E-state index >= 15 is 0 Å². The van der Waals surface area contributed by atoms with Gasteiger partial charge in [-0.25, -0.2) is 0 Å². The maximum absolute atomic E-state index is 12.6. The third-order valence-electron chi connectivity index (χ3n) is 16.6. The molecule has 5 aliphatic rings. The van der Waals surface area contributed by atoms with E-state index in [1.165, 1.54) is 102 Å². The van der Waals surface area contributed by atoms with Gasteiger partial charge in [-0.1, -0.05) is 149 Å². The van der Waals surface area contributed by atoms with Crippen LogP contribution in [0.2, 0.25) is 0 Å². The predicted molar refractivity (Wildman–Crippen MR) is 235 cm³/mol. The normalized spacial score (nSPS) is 37.3.